The summed E-state index contributed by atoms with van der Waals surface area (Å²) in [5, 5.41) is 20.4. The molecule has 0 radical (unpaired) electrons. The molecular formula is C21H26F2N2O2. The lowest BCUT2D eigenvalue weighted by atomic mass is 9.78. The molecule has 0 amide bonds. The van der Waals surface area contributed by atoms with Crippen LogP contribution in [0.5, 0.6) is 11.8 Å². The second-order valence-electron chi connectivity index (χ2n) is 7.52. The molecule has 0 unspecified atom stereocenters. The van der Waals surface area contributed by atoms with E-state index in [0.717, 1.165) is 24.5 Å². The fourth-order valence-corrected chi connectivity index (χ4v) is 4.01. The molecule has 4 nitrogen and oxygen atoms in total. The van der Waals surface area contributed by atoms with Crippen LogP contribution in [0, 0.1) is 23.5 Å². The van der Waals surface area contributed by atoms with Gasteiger partial charge in [-0.15, -0.1) is 0 Å². The summed E-state index contributed by atoms with van der Waals surface area (Å²) in [6.07, 6.45) is 8.77. The van der Waals surface area contributed by atoms with Gasteiger partial charge >= 0.3 is 0 Å². The highest BCUT2D eigenvalue weighted by Gasteiger charge is 2.22. The SMILES string of the molecule is CCC[C@H]1CC[C@H](CCc2c(O)nc(-c3ccc(F)c(F)c3)nc2O)CC1. The quantitative estimate of drug-likeness (QED) is 0.711. The average molecular weight is 376 g/mol. The molecule has 2 aromatic rings. The van der Waals surface area contributed by atoms with Crippen molar-refractivity contribution in [2.75, 3.05) is 0 Å². The molecule has 1 aromatic carbocycles. The lowest BCUT2D eigenvalue weighted by Gasteiger charge is -2.28. The highest BCUT2D eigenvalue weighted by atomic mass is 19.2. The highest BCUT2D eigenvalue weighted by molar-refractivity contribution is 5.57. The Balaban J connectivity index is 1.66. The second kappa shape index (κ2) is 8.63. The predicted octanol–water partition coefficient (Wildman–Crippen LogP) is 5.37. The molecule has 0 aliphatic heterocycles. The maximum absolute atomic E-state index is 13.4. The van der Waals surface area contributed by atoms with E-state index in [0.29, 0.717) is 17.9 Å². The van der Waals surface area contributed by atoms with Gasteiger partial charge in [-0.1, -0.05) is 45.4 Å². The molecule has 1 saturated carbocycles. The maximum Gasteiger partial charge on any atom is 0.221 e. The van der Waals surface area contributed by atoms with Gasteiger partial charge in [0.05, 0.1) is 5.56 Å². The molecule has 0 bridgehead atoms. The fourth-order valence-electron chi connectivity index (χ4n) is 4.01. The van der Waals surface area contributed by atoms with Gasteiger partial charge < -0.3 is 10.2 Å². The zero-order valence-corrected chi connectivity index (χ0v) is 15.6. The Morgan fingerprint density at radius 3 is 2.07 bits per heavy atom. The molecule has 0 atom stereocenters. The summed E-state index contributed by atoms with van der Waals surface area (Å²) in [5.41, 5.74) is 0.511. The van der Waals surface area contributed by atoms with Crippen molar-refractivity contribution >= 4 is 0 Å². The van der Waals surface area contributed by atoms with Gasteiger partial charge in [-0.05, 0) is 42.9 Å². The number of rotatable bonds is 6. The van der Waals surface area contributed by atoms with E-state index in [1.54, 1.807) is 0 Å². The van der Waals surface area contributed by atoms with E-state index in [4.69, 9.17) is 0 Å². The van der Waals surface area contributed by atoms with Gasteiger partial charge in [0.15, 0.2) is 17.5 Å². The summed E-state index contributed by atoms with van der Waals surface area (Å²) in [7, 11) is 0. The normalized spacial score (nSPS) is 20.0. The van der Waals surface area contributed by atoms with Gasteiger partial charge in [-0.25, -0.2) is 8.78 Å². The smallest absolute Gasteiger partial charge is 0.221 e. The van der Waals surface area contributed by atoms with Gasteiger partial charge in [0.2, 0.25) is 11.8 Å². The topological polar surface area (TPSA) is 66.2 Å². The Morgan fingerprint density at radius 1 is 0.926 bits per heavy atom. The Morgan fingerprint density at radius 2 is 1.52 bits per heavy atom. The zero-order chi connectivity index (χ0) is 19.4. The minimum atomic E-state index is -1.03. The van der Waals surface area contributed by atoms with Crippen molar-refractivity contribution in [2.45, 2.75) is 58.3 Å². The molecule has 1 aliphatic rings. The lowest BCUT2D eigenvalue weighted by molar-refractivity contribution is 0.251. The van der Waals surface area contributed by atoms with E-state index < -0.39 is 11.6 Å². The third kappa shape index (κ3) is 4.73. The van der Waals surface area contributed by atoms with Crippen LogP contribution in [0.3, 0.4) is 0 Å². The monoisotopic (exact) mass is 376 g/mol. The number of halogens is 2. The van der Waals surface area contributed by atoms with Gasteiger partial charge in [0.1, 0.15) is 0 Å². The standard InChI is InChI=1S/C21H26F2N2O2/c1-2-3-13-4-6-14(7-5-13)8-10-16-20(26)24-19(25-21(16)27)15-9-11-17(22)18(23)12-15/h9,11-14H,2-8,10H2,1H3,(H2,24,25,26,27)/t13-,14-. The molecule has 6 heteroatoms. The molecule has 1 aromatic heterocycles. The number of hydrogen-bond acceptors (Lipinski definition) is 4. The van der Waals surface area contributed by atoms with Gasteiger partial charge in [0, 0.05) is 5.56 Å². The number of nitrogens with zero attached hydrogens (tertiary/aromatic N) is 2. The number of benzene rings is 1. The molecule has 3 rings (SSSR count). The highest BCUT2D eigenvalue weighted by Crippen LogP contribution is 2.36. The van der Waals surface area contributed by atoms with Crippen LogP contribution in [0.4, 0.5) is 8.78 Å². The summed E-state index contributed by atoms with van der Waals surface area (Å²) >= 11 is 0. The summed E-state index contributed by atoms with van der Waals surface area (Å²) in [6, 6.07) is 3.21. The van der Waals surface area contributed by atoms with Crippen molar-refractivity contribution < 1.29 is 19.0 Å². The Hall–Kier alpha value is -2.24. The van der Waals surface area contributed by atoms with E-state index in [1.807, 2.05) is 0 Å². The molecule has 0 spiro atoms. The second-order valence-corrected chi connectivity index (χ2v) is 7.52. The van der Waals surface area contributed by atoms with E-state index in [2.05, 4.69) is 16.9 Å². The van der Waals surface area contributed by atoms with Gasteiger partial charge in [0.25, 0.3) is 0 Å². The summed E-state index contributed by atoms with van der Waals surface area (Å²) in [5.74, 6) is -1.22. The Bertz CT molecular complexity index is 767. The number of aromatic nitrogens is 2. The molecule has 2 N–H and O–H groups in total. The van der Waals surface area contributed by atoms with Crippen LogP contribution in [-0.2, 0) is 6.42 Å². The summed E-state index contributed by atoms with van der Waals surface area (Å²) in [6.45, 7) is 2.22. The fraction of sp³-hybridized carbons (Fsp3) is 0.524. The molecular weight excluding hydrogens is 350 g/mol. The van der Waals surface area contributed by atoms with Crippen molar-refractivity contribution in [1.82, 2.24) is 9.97 Å². The van der Waals surface area contributed by atoms with E-state index in [-0.39, 0.29) is 23.1 Å². The average Bonchev–Trinajstić information content (AvgIpc) is 2.64. The molecule has 1 aliphatic carbocycles. The lowest BCUT2D eigenvalue weighted by Crippen LogP contribution is -2.15. The van der Waals surface area contributed by atoms with E-state index in [9.17, 15) is 19.0 Å². The predicted molar refractivity (Wildman–Crippen MR) is 99.4 cm³/mol. The van der Waals surface area contributed by atoms with Crippen molar-refractivity contribution in [2.24, 2.45) is 11.8 Å². The van der Waals surface area contributed by atoms with Crippen molar-refractivity contribution in [3.63, 3.8) is 0 Å². The van der Waals surface area contributed by atoms with Crippen molar-refractivity contribution in [3.05, 3.63) is 35.4 Å². The minimum absolute atomic E-state index is 0.0345. The van der Waals surface area contributed by atoms with Crippen LogP contribution in [0.15, 0.2) is 18.2 Å². The first-order chi connectivity index (χ1) is 13.0. The van der Waals surface area contributed by atoms with Crippen molar-refractivity contribution in [1.29, 1.82) is 0 Å². The number of aromatic hydroxyl groups is 2. The molecule has 0 saturated heterocycles. The van der Waals surface area contributed by atoms with Crippen LogP contribution in [0.25, 0.3) is 11.4 Å². The van der Waals surface area contributed by atoms with Gasteiger partial charge in [-0.2, -0.15) is 9.97 Å². The van der Waals surface area contributed by atoms with Gasteiger partial charge in [-0.3, -0.25) is 0 Å². The molecule has 1 fully saturated rings. The zero-order valence-electron chi connectivity index (χ0n) is 15.6. The minimum Gasteiger partial charge on any atom is -0.493 e. The first-order valence-electron chi connectivity index (χ1n) is 9.72. The van der Waals surface area contributed by atoms with Crippen LogP contribution in [0.1, 0.15) is 57.4 Å². The first-order valence-corrected chi connectivity index (χ1v) is 9.72. The van der Waals surface area contributed by atoms with E-state index >= 15 is 0 Å². The number of hydrogen-bond donors (Lipinski definition) is 2. The third-order valence-corrected chi connectivity index (χ3v) is 5.61. The van der Waals surface area contributed by atoms with Crippen LogP contribution in [0.2, 0.25) is 0 Å². The van der Waals surface area contributed by atoms with Crippen LogP contribution < -0.4 is 0 Å². The largest absolute Gasteiger partial charge is 0.493 e. The van der Waals surface area contributed by atoms with E-state index in [1.165, 1.54) is 44.6 Å². The van der Waals surface area contributed by atoms with Crippen molar-refractivity contribution in [3.8, 4) is 23.1 Å². The molecule has 27 heavy (non-hydrogen) atoms. The Labute approximate surface area is 158 Å². The third-order valence-electron chi connectivity index (χ3n) is 5.61. The molecule has 1 heterocycles. The molecule has 146 valence electrons. The first kappa shape index (κ1) is 19.5. The summed E-state index contributed by atoms with van der Waals surface area (Å²) in [4.78, 5) is 7.94. The Kier molecular flexibility index (Phi) is 6.24. The van der Waals surface area contributed by atoms with Crippen LogP contribution >= 0.6 is 0 Å². The van der Waals surface area contributed by atoms with Crippen LogP contribution in [-0.4, -0.2) is 20.2 Å². The summed E-state index contributed by atoms with van der Waals surface area (Å²) < 4.78 is 26.5. The maximum atomic E-state index is 13.4.